The molecule has 1 aliphatic heterocycles. The highest BCUT2D eigenvalue weighted by Gasteiger charge is 2.27. The Bertz CT molecular complexity index is 721. The topological polar surface area (TPSA) is 63.4 Å². The van der Waals surface area contributed by atoms with Gasteiger partial charge in [0.1, 0.15) is 0 Å². The maximum Gasteiger partial charge on any atom is 0.218 e. The van der Waals surface area contributed by atoms with E-state index in [9.17, 15) is 9.59 Å². The molecule has 0 spiro atoms. The van der Waals surface area contributed by atoms with Crippen LogP contribution >= 0.6 is 0 Å². The van der Waals surface area contributed by atoms with Gasteiger partial charge in [0.2, 0.25) is 5.91 Å². The average Bonchev–Trinajstić information content (AvgIpc) is 2.59. The van der Waals surface area contributed by atoms with Crippen LogP contribution in [-0.2, 0) is 4.79 Å². The molecule has 2 aromatic carbocycles. The van der Waals surface area contributed by atoms with Crippen molar-refractivity contribution in [2.75, 3.05) is 19.6 Å². The monoisotopic (exact) mass is 310 g/mol. The molecular formula is C19H22N2O2. The average molecular weight is 310 g/mol. The number of benzene rings is 2. The summed E-state index contributed by atoms with van der Waals surface area (Å²) in [6.07, 6.45) is 2.25. The molecule has 1 aliphatic rings. The van der Waals surface area contributed by atoms with E-state index >= 15 is 0 Å². The number of fused-ring (bicyclic) bond motifs is 1. The van der Waals surface area contributed by atoms with Crippen molar-refractivity contribution in [1.29, 1.82) is 0 Å². The first-order valence-electron chi connectivity index (χ1n) is 8.18. The molecule has 0 aromatic heterocycles. The summed E-state index contributed by atoms with van der Waals surface area (Å²) >= 11 is 0. The SMILES string of the molecule is NC(=O)CCN1CCC[C@H](C(=O)c2cccc3ccccc23)C1. The van der Waals surface area contributed by atoms with Crippen molar-refractivity contribution in [2.45, 2.75) is 19.3 Å². The fourth-order valence-corrected chi connectivity index (χ4v) is 3.40. The molecule has 0 saturated carbocycles. The molecule has 120 valence electrons. The molecule has 1 fully saturated rings. The van der Waals surface area contributed by atoms with Crippen molar-refractivity contribution < 1.29 is 9.59 Å². The van der Waals surface area contributed by atoms with Gasteiger partial charge in [0.05, 0.1) is 0 Å². The van der Waals surface area contributed by atoms with Gasteiger partial charge in [0.15, 0.2) is 5.78 Å². The molecule has 3 rings (SSSR count). The van der Waals surface area contributed by atoms with E-state index in [1.165, 1.54) is 0 Å². The van der Waals surface area contributed by atoms with E-state index in [1.54, 1.807) is 0 Å². The number of carbonyl (C=O) groups excluding carboxylic acids is 2. The van der Waals surface area contributed by atoms with Crippen molar-refractivity contribution in [3.63, 3.8) is 0 Å². The van der Waals surface area contributed by atoms with Crippen LogP contribution in [0.15, 0.2) is 42.5 Å². The van der Waals surface area contributed by atoms with Gasteiger partial charge < -0.3 is 10.6 Å². The predicted molar refractivity (Wildman–Crippen MR) is 91.3 cm³/mol. The zero-order valence-corrected chi connectivity index (χ0v) is 13.2. The van der Waals surface area contributed by atoms with Crippen LogP contribution in [0.25, 0.3) is 10.8 Å². The highest BCUT2D eigenvalue weighted by molar-refractivity contribution is 6.09. The Kier molecular flexibility index (Phi) is 4.72. The second-order valence-corrected chi connectivity index (χ2v) is 6.25. The highest BCUT2D eigenvalue weighted by atomic mass is 16.1. The number of carbonyl (C=O) groups is 2. The predicted octanol–water partition coefficient (Wildman–Crippen LogP) is 2.61. The molecule has 0 radical (unpaired) electrons. The van der Waals surface area contributed by atoms with E-state index in [4.69, 9.17) is 5.73 Å². The molecule has 23 heavy (non-hydrogen) atoms. The zero-order valence-electron chi connectivity index (χ0n) is 13.2. The standard InChI is InChI=1S/C19H22N2O2/c20-18(22)10-12-21-11-4-7-15(13-21)19(23)17-9-3-6-14-5-1-2-8-16(14)17/h1-3,5-6,8-9,15H,4,7,10-13H2,(H2,20,22)/t15-/m0/s1. The van der Waals surface area contributed by atoms with E-state index in [0.717, 1.165) is 42.3 Å². The Morgan fingerprint density at radius 1 is 1.13 bits per heavy atom. The normalized spacial score (nSPS) is 18.9. The number of likely N-dealkylation sites (tertiary alicyclic amines) is 1. The maximum absolute atomic E-state index is 13.0. The third-order valence-corrected chi connectivity index (χ3v) is 4.61. The lowest BCUT2D eigenvalue weighted by atomic mass is 9.88. The second-order valence-electron chi connectivity index (χ2n) is 6.25. The minimum Gasteiger partial charge on any atom is -0.370 e. The van der Waals surface area contributed by atoms with E-state index in [2.05, 4.69) is 4.90 Å². The summed E-state index contributed by atoms with van der Waals surface area (Å²) in [4.78, 5) is 26.1. The lowest BCUT2D eigenvalue weighted by Gasteiger charge is -2.31. The Morgan fingerprint density at radius 2 is 1.91 bits per heavy atom. The van der Waals surface area contributed by atoms with Gasteiger partial charge in [0.25, 0.3) is 0 Å². The molecule has 0 bridgehead atoms. The number of ketones is 1. The van der Waals surface area contributed by atoms with Gasteiger partial charge in [-0.25, -0.2) is 0 Å². The van der Waals surface area contributed by atoms with Crippen LogP contribution < -0.4 is 5.73 Å². The first-order chi connectivity index (χ1) is 11.1. The van der Waals surface area contributed by atoms with Crippen LogP contribution in [0.2, 0.25) is 0 Å². The van der Waals surface area contributed by atoms with Gasteiger partial charge in [-0.05, 0) is 30.2 Å². The van der Waals surface area contributed by atoms with E-state index in [0.29, 0.717) is 13.0 Å². The summed E-state index contributed by atoms with van der Waals surface area (Å²) in [5.41, 5.74) is 6.03. The number of piperidine rings is 1. The van der Waals surface area contributed by atoms with Crippen molar-refractivity contribution in [1.82, 2.24) is 4.90 Å². The second kappa shape index (κ2) is 6.92. The minimum absolute atomic E-state index is 0.00225. The number of rotatable bonds is 5. The summed E-state index contributed by atoms with van der Waals surface area (Å²) < 4.78 is 0. The Morgan fingerprint density at radius 3 is 2.74 bits per heavy atom. The largest absolute Gasteiger partial charge is 0.370 e. The molecule has 1 atom stereocenters. The summed E-state index contributed by atoms with van der Waals surface area (Å²) in [7, 11) is 0. The van der Waals surface area contributed by atoms with Crippen LogP contribution in [0, 0.1) is 5.92 Å². The van der Waals surface area contributed by atoms with Crippen LogP contribution in [0.5, 0.6) is 0 Å². The number of nitrogens with two attached hydrogens (primary N) is 1. The van der Waals surface area contributed by atoms with E-state index in [-0.39, 0.29) is 17.6 Å². The van der Waals surface area contributed by atoms with Gasteiger partial charge >= 0.3 is 0 Å². The minimum atomic E-state index is -0.285. The number of amides is 1. The van der Waals surface area contributed by atoms with Crippen molar-refractivity contribution in [3.05, 3.63) is 48.0 Å². The summed E-state index contributed by atoms with van der Waals surface area (Å²) in [6.45, 7) is 2.30. The summed E-state index contributed by atoms with van der Waals surface area (Å²) in [6, 6.07) is 13.9. The van der Waals surface area contributed by atoms with Crippen LogP contribution in [0.4, 0.5) is 0 Å². The van der Waals surface area contributed by atoms with E-state index in [1.807, 2.05) is 42.5 Å². The zero-order chi connectivity index (χ0) is 16.2. The fraction of sp³-hybridized carbons (Fsp3) is 0.368. The quantitative estimate of drug-likeness (QED) is 0.863. The number of Topliss-reactive ketones (excluding diaryl/α,β-unsaturated/α-hetero) is 1. The van der Waals surface area contributed by atoms with Crippen molar-refractivity contribution in [2.24, 2.45) is 11.7 Å². The van der Waals surface area contributed by atoms with Gasteiger partial charge in [-0.15, -0.1) is 0 Å². The number of hydrogen-bond donors (Lipinski definition) is 1. The molecule has 0 aliphatic carbocycles. The molecule has 2 N–H and O–H groups in total. The third-order valence-electron chi connectivity index (χ3n) is 4.61. The van der Waals surface area contributed by atoms with Gasteiger partial charge in [0, 0.05) is 31.0 Å². The Balaban J connectivity index is 1.77. The van der Waals surface area contributed by atoms with Crippen LogP contribution in [0.1, 0.15) is 29.6 Å². The Labute approximate surface area is 136 Å². The van der Waals surface area contributed by atoms with Gasteiger partial charge in [-0.1, -0.05) is 42.5 Å². The Hall–Kier alpha value is -2.20. The molecule has 1 heterocycles. The van der Waals surface area contributed by atoms with E-state index < -0.39 is 0 Å². The molecule has 1 amide bonds. The molecule has 2 aromatic rings. The molecular weight excluding hydrogens is 288 g/mol. The fourth-order valence-electron chi connectivity index (χ4n) is 3.40. The summed E-state index contributed by atoms with van der Waals surface area (Å²) in [5.74, 6) is -0.0690. The molecule has 0 unspecified atom stereocenters. The smallest absolute Gasteiger partial charge is 0.218 e. The van der Waals surface area contributed by atoms with Gasteiger partial charge in [-0.2, -0.15) is 0 Å². The number of primary amides is 1. The van der Waals surface area contributed by atoms with Crippen LogP contribution in [0.3, 0.4) is 0 Å². The first-order valence-corrected chi connectivity index (χ1v) is 8.18. The lowest BCUT2D eigenvalue weighted by molar-refractivity contribution is -0.118. The number of hydrogen-bond acceptors (Lipinski definition) is 3. The summed E-state index contributed by atoms with van der Waals surface area (Å²) in [5, 5.41) is 2.12. The molecule has 4 nitrogen and oxygen atoms in total. The van der Waals surface area contributed by atoms with Crippen molar-refractivity contribution in [3.8, 4) is 0 Å². The third kappa shape index (κ3) is 3.59. The van der Waals surface area contributed by atoms with Crippen molar-refractivity contribution >= 4 is 22.5 Å². The molecule has 1 saturated heterocycles. The highest BCUT2D eigenvalue weighted by Crippen LogP contribution is 2.25. The van der Waals surface area contributed by atoms with Gasteiger partial charge in [-0.3, -0.25) is 9.59 Å². The molecule has 4 heteroatoms. The van der Waals surface area contributed by atoms with Crippen LogP contribution in [-0.4, -0.2) is 36.2 Å². The first kappa shape index (κ1) is 15.7. The number of nitrogens with zero attached hydrogens (tertiary/aromatic N) is 1. The maximum atomic E-state index is 13.0. The lowest BCUT2D eigenvalue weighted by Crippen LogP contribution is -2.40.